The van der Waals surface area contributed by atoms with Crippen LogP contribution in [0.3, 0.4) is 0 Å². The lowest BCUT2D eigenvalue weighted by atomic mass is 10.1. The molecule has 0 bridgehead atoms. The molecule has 5 rings (SSSR count). The maximum atomic E-state index is 13.2. The molecule has 2 heterocycles. The van der Waals surface area contributed by atoms with Gasteiger partial charge in [0.25, 0.3) is 5.91 Å². The maximum Gasteiger partial charge on any atom is 0.265 e. The van der Waals surface area contributed by atoms with Crippen LogP contribution in [-0.2, 0) is 16.6 Å². The van der Waals surface area contributed by atoms with E-state index in [9.17, 15) is 9.59 Å². The number of rotatable bonds is 5. The number of benzene rings is 3. The summed E-state index contributed by atoms with van der Waals surface area (Å²) in [6.07, 6.45) is 0. The lowest BCUT2D eigenvalue weighted by molar-refractivity contribution is -0.125. The number of para-hydroxylation sites is 4. The molecule has 1 atom stereocenters. The highest BCUT2D eigenvalue weighted by molar-refractivity contribution is 6.02. The van der Waals surface area contributed by atoms with E-state index in [1.165, 1.54) is 4.90 Å². The summed E-state index contributed by atoms with van der Waals surface area (Å²) in [5.41, 5.74) is 3.35. The molecule has 0 saturated carbocycles. The number of anilines is 1. The van der Waals surface area contributed by atoms with Crippen molar-refractivity contribution in [2.24, 2.45) is 7.05 Å². The fraction of sp³-hybridized carbons (Fsp3) is 0.160. The monoisotopic (exact) mass is 426 g/mol. The van der Waals surface area contributed by atoms with Gasteiger partial charge in [-0.2, -0.15) is 0 Å². The Balaban J connectivity index is 1.47. The average Bonchev–Trinajstić information content (AvgIpc) is 3.16. The van der Waals surface area contributed by atoms with Crippen molar-refractivity contribution < 1.29 is 14.3 Å². The van der Waals surface area contributed by atoms with Crippen LogP contribution >= 0.6 is 0 Å². The summed E-state index contributed by atoms with van der Waals surface area (Å²) in [6.45, 7) is -0.191. The Bertz CT molecular complexity index is 1300. The predicted molar refractivity (Wildman–Crippen MR) is 121 cm³/mol. The Morgan fingerprint density at radius 1 is 1.03 bits per heavy atom. The van der Waals surface area contributed by atoms with Gasteiger partial charge in [0.05, 0.1) is 16.7 Å². The van der Waals surface area contributed by atoms with Crippen LogP contribution in [0.1, 0.15) is 17.4 Å². The van der Waals surface area contributed by atoms with E-state index in [-0.39, 0.29) is 25.0 Å². The van der Waals surface area contributed by atoms with E-state index in [0.717, 1.165) is 22.4 Å². The summed E-state index contributed by atoms with van der Waals surface area (Å²) in [6, 6.07) is 24.3. The lowest BCUT2D eigenvalue weighted by Crippen LogP contribution is -2.46. The smallest absolute Gasteiger partial charge is 0.265 e. The van der Waals surface area contributed by atoms with Crippen LogP contribution in [0, 0.1) is 0 Å². The van der Waals surface area contributed by atoms with E-state index in [2.05, 4.69) is 5.32 Å². The number of nitrogens with one attached hydrogen (secondary N) is 1. The second kappa shape index (κ2) is 8.19. The van der Waals surface area contributed by atoms with Crippen LogP contribution in [0.2, 0.25) is 0 Å². The topological polar surface area (TPSA) is 76.5 Å². The van der Waals surface area contributed by atoms with Gasteiger partial charge in [0.2, 0.25) is 5.91 Å². The molecule has 4 aromatic rings. The molecule has 0 spiro atoms. The number of nitrogens with zero attached hydrogens (tertiary/aromatic N) is 3. The predicted octanol–water partition coefficient (Wildman–Crippen LogP) is 3.20. The van der Waals surface area contributed by atoms with Gasteiger partial charge in [-0.25, -0.2) is 4.98 Å². The number of carbonyl (C=O) groups is 2. The molecule has 7 heteroatoms. The van der Waals surface area contributed by atoms with Crippen LogP contribution in [0.15, 0.2) is 78.9 Å². The molecule has 0 aliphatic carbocycles. The summed E-state index contributed by atoms with van der Waals surface area (Å²) < 4.78 is 7.47. The number of imidazole rings is 1. The molecular formula is C25H22N4O3. The third-order valence-electron chi connectivity index (χ3n) is 5.63. The largest absolute Gasteiger partial charge is 0.482 e. The molecule has 160 valence electrons. The first-order valence-electron chi connectivity index (χ1n) is 10.4. The van der Waals surface area contributed by atoms with Crippen LogP contribution in [0.25, 0.3) is 11.0 Å². The quantitative estimate of drug-likeness (QED) is 0.532. The van der Waals surface area contributed by atoms with Gasteiger partial charge in [-0.15, -0.1) is 0 Å². The molecule has 1 aromatic heterocycles. The Morgan fingerprint density at radius 3 is 2.56 bits per heavy atom. The molecule has 0 saturated heterocycles. The van der Waals surface area contributed by atoms with Crippen LogP contribution < -0.4 is 15.0 Å². The van der Waals surface area contributed by atoms with Crippen LogP contribution in [0.5, 0.6) is 5.75 Å². The molecule has 7 nitrogen and oxygen atoms in total. The van der Waals surface area contributed by atoms with E-state index in [1.807, 2.05) is 78.3 Å². The lowest BCUT2D eigenvalue weighted by Gasteiger charge is -2.29. The van der Waals surface area contributed by atoms with Crippen LogP contribution in [-0.4, -0.2) is 34.5 Å². The van der Waals surface area contributed by atoms with Crippen molar-refractivity contribution in [2.75, 3.05) is 18.1 Å². The number of aryl methyl sites for hydroxylation is 1. The summed E-state index contributed by atoms with van der Waals surface area (Å²) in [4.78, 5) is 31.9. The van der Waals surface area contributed by atoms with E-state index < -0.39 is 6.04 Å². The number of aromatic nitrogens is 2. The number of amides is 2. The van der Waals surface area contributed by atoms with Gasteiger partial charge in [-0.3, -0.25) is 14.5 Å². The van der Waals surface area contributed by atoms with Gasteiger partial charge >= 0.3 is 0 Å². The SMILES string of the molecule is Cn1c(C(NC(=O)CN2C(=O)COc3ccccc32)c2ccccc2)nc2ccccc21. The first kappa shape index (κ1) is 19.8. The number of hydrogen-bond acceptors (Lipinski definition) is 4. The maximum absolute atomic E-state index is 13.2. The standard InChI is InChI=1S/C25H22N4O3/c1-28-19-12-6-5-11-18(19)26-25(28)24(17-9-3-2-4-10-17)27-22(30)15-29-20-13-7-8-14-21(20)32-16-23(29)31/h2-14,24H,15-16H2,1H3,(H,27,30). The molecule has 3 aromatic carbocycles. The number of carbonyl (C=O) groups excluding carboxylic acids is 2. The van der Waals surface area contributed by atoms with Crippen molar-refractivity contribution in [2.45, 2.75) is 6.04 Å². The van der Waals surface area contributed by atoms with Gasteiger partial charge in [0.15, 0.2) is 6.61 Å². The molecule has 2 amide bonds. The van der Waals surface area contributed by atoms with E-state index >= 15 is 0 Å². The Hall–Kier alpha value is -4.13. The minimum absolute atomic E-state index is 0.0861. The van der Waals surface area contributed by atoms with Crippen molar-refractivity contribution >= 4 is 28.5 Å². The second-order valence-corrected chi connectivity index (χ2v) is 7.67. The normalized spacial score (nSPS) is 14.0. The minimum Gasteiger partial charge on any atom is -0.482 e. The fourth-order valence-corrected chi connectivity index (χ4v) is 4.04. The van der Waals surface area contributed by atoms with Gasteiger partial charge in [0.1, 0.15) is 24.2 Å². The third kappa shape index (κ3) is 3.58. The van der Waals surface area contributed by atoms with E-state index in [1.54, 1.807) is 12.1 Å². The highest BCUT2D eigenvalue weighted by Crippen LogP contribution is 2.31. The van der Waals surface area contributed by atoms with Crippen molar-refractivity contribution in [1.29, 1.82) is 0 Å². The summed E-state index contributed by atoms with van der Waals surface area (Å²) in [5.74, 6) is 0.781. The van der Waals surface area contributed by atoms with Crippen molar-refractivity contribution in [3.63, 3.8) is 0 Å². The van der Waals surface area contributed by atoms with Crippen molar-refractivity contribution in [3.05, 3.63) is 90.3 Å². The zero-order chi connectivity index (χ0) is 22.1. The van der Waals surface area contributed by atoms with E-state index in [0.29, 0.717) is 11.4 Å². The molecule has 32 heavy (non-hydrogen) atoms. The molecule has 1 aliphatic heterocycles. The summed E-state index contributed by atoms with van der Waals surface area (Å²) >= 11 is 0. The molecule has 1 aliphatic rings. The number of fused-ring (bicyclic) bond motifs is 2. The Kier molecular flexibility index (Phi) is 5.07. The number of ether oxygens (including phenoxy) is 1. The van der Waals surface area contributed by atoms with Crippen molar-refractivity contribution in [3.8, 4) is 5.75 Å². The molecule has 0 fully saturated rings. The summed E-state index contributed by atoms with van der Waals surface area (Å²) in [7, 11) is 1.94. The average molecular weight is 426 g/mol. The third-order valence-corrected chi connectivity index (χ3v) is 5.63. The molecular weight excluding hydrogens is 404 g/mol. The minimum atomic E-state index is -0.465. The van der Waals surface area contributed by atoms with Crippen molar-refractivity contribution in [1.82, 2.24) is 14.9 Å². The molecule has 1 N–H and O–H groups in total. The number of hydrogen-bond donors (Lipinski definition) is 1. The van der Waals surface area contributed by atoms with Gasteiger partial charge < -0.3 is 14.6 Å². The van der Waals surface area contributed by atoms with Gasteiger partial charge in [0, 0.05) is 7.05 Å². The zero-order valence-electron chi connectivity index (χ0n) is 17.6. The Labute approximate surface area is 185 Å². The highest BCUT2D eigenvalue weighted by atomic mass is 16.5. The summed E-state index contributed by atoms with van der Waals surface area (Å²) in [5, 5.41) is 3.09. The van der Waals surface area contributed by atoms with E-state index in [4.69, 9.17) is 9.72 Å². The van der Waals surface area contributed by atoms with Crippen LogP contribution in [0.4, 0.5) is 5.69 Å². The first-order chi connectivity index (χ1) is 15.6. The Morgan fingerprint density at radius 2 is 1.75 bits per heavy atom. The van der Waals surface area contributed by atoms with Gasteiger partial charge in [-0.05, 0) is 29.8 Å². The fourth-order valence-electron chi connectivity index (χ4n) is 4.04. The molecule has 0 radical (unpaired) electrons. The molecule has 1 unspecified atom stereocenters. The first-order valence-corrected chi connectivity index (χ1v) is 10.4. The van der Waals surface area contributed by atoms with Gasteiger partial charge in [-0.1, -0.05) is 54.6 Å². The highest BCUT2D eigenvalue weighted by Gasteiger charge is 2.29. The second-order valence-electron chi connectivity index (χ2n) is 7.67. The zero-order valence-corrected chi connectivity index (χ0v) is 17.6.